The lowest BCUT2D eigenvalue weighted by Gasteiger charge is -2.07. The Morgan fingerprint density at radius 2 is 1.73 bits per heavy atom. The summed E-state index contributed by atoms with van der Waals surface area (Å²) in [4.78, 5) is 0. The molecular weight excluding hydrogens is 210 g/mol. The normalized spacial score (nSPS) is 9.93. The Hall–Kier alpha value is -1.57. The third-order valence-electron chi connectivity index (χ3n) is 1.41. The number of nitrogens with zero attached hydrogens (tertiary/aromatic N) is 1. The lowest BCUT2D eigenvalue weighted by molar-refractivity contribution is -0.138. The molecule has 82 valence electrons. The van der Waals surface area contributed by atoms with Crippen molar-refractivity contribution in [2.75, 3.05) is 0 Å². The van der Waals surface area contributed by atoms with Crippen molar-refractivity contribution in [1.82, 2.24) is 0 Å². The standard InChI is InChI=1S/C8H3F4N.C2H6/c9-6-2-1-5(4-13)7(3-6)8(10,11)12;1-2/h1-3H;1-2H3. The highest BCUT2D eigenvalue weighted by atomic mass is 19.4. The van der Waals surface area contributed by atoms with E-state index in [0.29, 0.717) is 6.07 Å². The second-order valence-electron chi connectivity index (χ2n) is 2.30. The first-order valence-corrected chi connectivity index (χ1v) is 4.22. The quantitative estimate of drug-likeness (QED) is 0.609. The van der Waals surface area contributed by atoms with Crippen LogP contribution in [0.15, 0.2) is 18.2 Å². The van der Waals surface area contributed by atoms with Gasteiger partial charge in [0.05, 0.1) is 17.2 Å². The number of halogens is 4. The van der Waals surface area contributed by atoms with E-state index in [2.05, 4.69) is 0 Å². The van der Waals surface area contributed by atoms with E-state index in [1.165, 1.54) is 6.07 Å². The Kier molecular flexibility index (Phi) is 4.79. The van der Waals surface area contributed by atoms with Crippen molar-refractivity contribution in [3.8, 4) is 6.07 Å². The largest absolute Gasteiger partial charge is 0.417 e. The van der Waals surface area contributed by atoms with Crippen LogP contribution < -0.4 is 0 Å². The Bertz CT molecular complexity index is 363. The molecule has 15 heavy (non-hydrogen) atoms. The molecule has 5 heteroatoms. The van der Waals surface area contributed by atoms with Gasteiger partial charge in [0.1, 0.15) is 5.82 Å². The number of alkyl halides is 3. The summed E-state index contributed by atoms with van der Waals surface area (Å²) in [6.07, 6.45) is -4.69. The highest BCUT2D eigenvalue weighted by molar-refractivity contribution is 5.39. The van der Waals surface area contributed by atoms with Crippen LogP contribution in [0.25, 0.3) is 0 Å². The molecule has 1 nitrogen and oxygen atoms in total. The van der Waals surface area contributed by atoms with Crippen LogP contribution in [0.2, 0.25) is 0 Å². The lowest BCUT2D eigenvalue weighted by atomic mass is 10.1. The number of hydrogen-bond acceptors (Lipinski definition) is 1. The van der Waals surface area contributed by atoms with E-state index in [1.807, 2.05) is 13.8 Å². The monoisotopic (exact) mass is 219 g/mol. The van der Waals surface area contributed by atoms with Gasteiger partial charge in [-0.2, -0.15) is 18.4 Å². The van der Waals surface area contributed by atoms with Crippen molar-refractivity contribution in [3.63, 3.8) is 0 Å². The summed E-state index contributed by atoms with van der Waals surface area (Å²) in [7, 11) is 0. The average molecular weight is 219 g/mol. The van der Waals surface area contributed by atoms with Gasteiger partial charge in [-0.3, -0.25) is 0 Å². The van der Waals surface area contributed by atoms with Gasteiger partial charge in [0.25, 0.3) is 0 Å². The Balaban J connectivity index is 0.000000921. The van der Waals surface area contributed by atoms with E-state index >= 15 is 0 Å². The molecule has 0 fully saturated rings. The molecule has 1 aromatic rings. The maximum absolute atomic E-state index is 12.4. The van der Waals surface area contributed by atoms with Gasteiger partial charge in [-0.1, -0.05) is 13.8 Å². The van der Waals surface area contributed by atoms with Crippen LogP contribution in [-0.2, 0) is 6.18 Å². The molecule has 1 aromatic carbocycles. The van der Waals surface area contributed by atoms with Crippen LogP contribution in [0.3, 0.4) is 0 Å². The molecule has 0 unspecified atom stereocenters. The van der Waals surface area contributed by atoms with E-state index in [4.69, 9.17) is 5.26 Å². The molecule has 0 bridgehead atoms. The molecule has 0 saturated carbocycles. The summed E-state index contributed by atoms with van der Waals surface area (Å²) in [5.41, 5.74) is -1.82. The van der Waals surface area contributed by atoms with E-state index in [9.17, 15) is 17.6 Å². The van der Waals surface area contributed by atoms with Gasteiger partial charge in [0.15, 0.2) is 0 Å². The van der Waals surface area contributed by atoms with Crippen molar-refractivity contribution < 1.29 is 17.6 Å². The van der Waals surface area contributed by atoms with E-state index in [-0.39, 0.29) is 0 Å². The minimum Gasteiger partial charge on any atom is -0.207 e. The minimum atomic E-state index is -4.69. The highest BCUT2D eigenvalue weighted by Crippen LogP contribution is 2.31. The van der Waals surface area contributed by atoms with Gasteiger partial charge in [0, 0.05) is 0 Å². The topological polar surface area (TPSA) is 23.8 Å². The second kappa shape index (κ2) is 5.35. The zero-order chi connectivity index (χ0) is 12.1. The summed E-state index contributed by atoms with van der Waals surface area (Å²) in [6, 6.07) is 3.26. The summed E-state index contributed by atoms with van der Waals surface area (Å²) in [5, 5.41) is 8.30. The molecule has 0 amide bonds. The van der Waals surface area contributed by atoms with Crippen molar-refractivity contribution in [2.45, 2.75) is 20.0 Å². The zero-order valence-electron chi connectivity index (χ0n) is 8.19. The first-order chi connectivity index (χ1) is 6.95. The molecule has 0 heterocycles. The fraction of sp³-hybridized carbons (Fsp3) is 0.300. The molecule has 0 aliphatic rings. The van der Waals surface area contributed by atoms with Crippen molar-refractivity contribution in [3.05, 3.63) is 35.1 Å². The summed E-state index contributed by atoms with van der Waals surface area (Å²) < 4.78 is 48.7. The van der Waals surface area contributed by atoms with Crippen LogP contribution in [-0.4, -0.2) is 0 Å². The first kappa shape index (κ1) is 13.4. The van der Waals surface area contributed by atoms with Crippen molar-refractivity contribution >= 4 is 0 Å². The van der Waals surface area contributed by atoms with Crippen LogP contribution in [0.4, 0.5) is 17.6 Å². The number of nitriles is 1. The molecule has 0 radical (unpaired) electrons. The van der Waals surface area contributed by atoms with Gasteiger partial charge in [-0.25, -0.2) is 4.39 Å². The predicted octanol–water partition coefficient (Wildman–Crippen LogP) is 3.74. The van der Waals surface area contributed by atoms with Crippen LogP contribution in [0, 0.1) is 17.1 Å². The molecule has 0 spiro atoms. The molecule has 0 saturated heterocycles. The zero-order valence-corrected chi connectivity index (χ0v) is 8.19. The van der Waals surface area contributed by atoms with E-state index < -0.39 is 23.1 Å². The SMILES string of the molecule is CC.N#Cc1ccc(F)cc1C(F)(F)F. The Morgan fingerprint density at radius 3 is 2.13 bits per heavy atom. The Morgan fingerprint density at radius 1 is 1.20 bits per heavy atom. The smallest absolute Gasteiger partial charge is 0.207 e. The molecule has 0 N–H and O–H groups in total. The van der Waals surface area contributed by atoms with E-state index in [1.54, 1.807) is 0 Å². The molecular formula is C10H9F4N. The summed E-state index contributed by atoms with van der Waals surface area (Å²) >= 11 is 0. The van der Waals surface area contributed by atoms with E-state index in [0.717, 1.165) is 12.1 Å². The molecule has 0 aliphatic carbocycles. The second-order valence-corrected chi connectivity index (χ2v) is 2.30. The van der Waals surface area contributed by atoms with Crippen molar-refractivity contribution in [2.24, 2.45) is 0 Å². The van der Waals surface area contributed by atoms with Gasteiger partial charge >= 0.3 is 6.18 Å². The maximum Gasteiger partial charge on any atom is 0.417 e. The fourth-order valence-electron chi connectivity index (χ4n) is 0.848. The maximum atomic E-state index is 12.4. The lowest BCUT2D eigenvalue weighted by Crippen LogP contribution is -2.08. The number of rotatable bonds is 0. The average Bonchev–Trinajstić information content (AvgIpc) is 2.19. The molecule has 1 rings (SSSR count). The summed E-state index contributed by atoms with van der Waals surface area (Å²) in [5.74, 6) is -1.01. The Labute approximate surface area is 85.0 Å². The summed E-state index contributed by atoms with van der Waals surface area (Å²) in [6.45, 7) is 4.00. The third-order valence-corrected chi connectivity index (χ3v) is 1.41. The predicted molar refractivity (Wildman–Crippen MR) is 47.5 cm³/mol. The fourth-order valence-corrected chi connectivity index (χ4v) is 0.848. The van der Waals surface area contributed by atoms with Crippen LogP contribution in [0.1, 0.15) is 25.0 Å². The first-order valence-electron chi connectivity index (χ1n) is 4.22. The molecule has 0 aliphatic heterocycles. The van der Waals surface area contributed by atoms with Crippen LogP contribution >= 0.6 is 0 Å². The van der Waals surface area contributed by atoms with Gasteiger partial charge in [-0.15, -0.1) is 0 Å². The van der Waals surface area contributed by atoms with Gasteiger partial charge < -0.3 is 0 Å². The minimum absolute atomic E-state index is 0.304. The molecule has 0 atom stereocenters. The van der Waals surface area contributed by atoms with Crippen LogP contribution in [0.5, 0.6) is 0 Å². The third kappa shape index (κ3) is 3.58. The molecule has 0 aromatic heterocycles. The van der Waals surface area contributed by atoms with Crippen molar-refractivity contribution in [1.29, 1.82) is 5.26 Å². The van der Waals surface area contributed by atoms with Gasteiger partial charge in [0.2, 0.25) is 0 Å². The highest BCUT2D eigenvalue weighted by Gasteiger charge is 2.33. The number of benzene rings is 1. The van der Waals surface area contributed by atoms with Gasteiger partial charge in [-0.05, 0) is 18.2 Å². The number of hydrogen-bond donors (Lipinski definition) is 0.